The normalized spacial score (nSPS) is 23.0. The van der Waals surface area contributed by atoms with Crippen LogP contribution >= 0.6 is 0 Å². The highest BCUT2D eigenvalue weighted by atomic mass is 32.2. The van der Waals surface area contributed by atoms with E-state index < -0.39 is 28.2 Å². The number of carbonyl (C=O) groups excluding carboxylic acids is 1. The van der Waals surface area contributed by atoms with Gasteiger partial charge in [0.1, 0.15) is 0 Å². The molecule has 0 N–H and O–H groups in total. The molecule has 0 spiro atoms. The van der Waals surface area contributed by atoms with Gasteiger partial charge in [-0.1, -0.05) is 5.92 Å². The largest absolute Gasteiger partial charge is 0.323 e. The van der Waals surface area contributed by atoms with Gasteiger partial charge < -0.3 is 4.90 Å². The molecular weight excluding hydrogens is 240 g/mol. The third-order valence-electron chi connectivity index (χ3n) is 2.38. The molecule has 1 aliphatic rings. The summed E-state index contributed by atoms with van der Waals surface area (Å²) in [5.41, 5.74) is 0. The lowest BCUT2D eigenvalue weighted by Gasteiger charge is -2.25. The van der Waals surface area contributed by atoms with E-state index in [0.29, 0.717) is 0 Å². The van der Waals surface area contributed by atoms with E-state index in [1.165, 1.54) is 0 Å². The molecule has 1 unspecified atom stereocenters. The van der Waals surface area contributed by atoms with E-state index in [9.17, 15) is 22.0 Å². The van der Waals surface area contributed by atoms with Gasteiger partial charge in [-0.2, -0.15) is 8.78 Å². The van der Waals surface area contributed by atoms with Gasteiger partial charge >= 0.3 is 6.43 Å². The highest BCUT2D eigenvalue weighted by Crippen LogP contribution is 2.19. The van der Waals surface area contributed by atoms with Gasteiger partial charge in [-0.15, -0.1) is 6.42 Å². The van der Waals surface area contributed by atoms with Crippen LogP contribution < -0.4 is 0 Å². The Morgan fingerprint density at radius 2 is 2.19 bits per heavy atom. The molecule has 4 nitrogen and oxygen atoms in total. The van der Waals surface area contributed by atoms with Gasteiger partial charge in [0, 0.05) is 6.04 Å². The second-order valence-corrected chi connectivity index (χ2v) is 5.76. The third-order valence-corrected chi connectivity index (χ3v) is 4.13. The maximum absolute atomic E-state index is 12.2. The Labute approximate surface area is 92.5 Å². The summed E-state index contributed by atoms with van der Waals surface area (Å²) in [5, 5.41) is 0. The lowest BCUT2D eigenvalue weighted by Crippen LogP contribution is -2.44. The van der Waals surface area contributed by atoms with Crippen molar-refractivity contribution in [3.05, 3.63) is 0 Å². The van der Waals surface area contributed by atoms with Crippen LogP contribution in [0.25, 0.3) is 0 Å². The fourth-order valence-corrected chi connectivity index (χ4v) is 3.36. The van der Waals surface area contributed by atoms with Gasteiger partial charge in [0.2, 0.25) is 0 Å². The van der Waals surface area contributed by atoms with Crippen molar-refractivity contribution < 1.29 is 22.0 Å². The first kappa shape index (κ1) is 12.9. The van der Waals surface area contributed by atoms with Crippen molar-refractivity contribution in [1.29, 1.82) is 0 Å². The zero-order valence-corrected chi connectivity index (χ0v) is 9.21. The van der Waals surface area contributed by atoms with Crippen molar-refractivity contribution in [2.45, 2.75) is 18.9 Å². The molecule has 0 aliphatic carbocycles. The fourth-order valence-electron chi connectivity index (χ4n) is 1.63. The van der Waals surface area contributed by atoms with Crippen molar-refractivity contribution >= 4 is 15.7 Å². The minimum absolute atomic E-state index is 0.0880. The monoisotopic (exact) mass is 251 g/mol. The molecule has 1 amide bonds. The van der Waals surface area contributed by atoms with Gasteiger partial charge in [0.05, 0.1) is 18.1 Å². The summed E-state index contributed by atoms with van der Waals surface area (Å²) in [6.07, 6.45) is 1.98. The fraction of sp³-hybridized carbons (Fsp3) is 0.667. The molecule has 0 bridgehead atoms. The Morgan fingerprint density at radius 1 is 1.56 bits per heavy atom. The number of hydrogen-bond donors (Lipinski definition) is 0. The Morgan fingerprint density at radius 3 is 2.56 bits per heavy atom. The molecule has 0 aromatic heterocycles. The van der Waals surface area contributed by atoms with Crippen LogP contribution in [0.15, 0.2) is 0 Å². The maximum Gasteiger partial charge on any atom is 0.315 e. The van der Waals surface area contributed by atoms with E-state index in [2.05, 4.69) is 5.92 Å². The van der Waals surface area contributed by atoms with Crippen molar-refractivity contribution in [3.63, 3.8) is 0 Å². The molecule has 7 heteroatoms. The van der Waals surface area contributed by atoms with Crippen LogP contribution in [0, 0.1) is 12.3 Å². The molecule has 1 fully saturated rings. The number of amides is 1. The van der Waals surface area contributed by atoms with Crippen molar-refractivity contribution in [2.75, 3.05) is 18.1 Å². The Bertz CT molecular complexity index is 413. The highest BCUT2D eigenvalue weighted by Gasteiger charge is 2.36. The molecule has 1 aliphatic heterocycles. The lowest BCUT2D eigenvalue weighted by atomic mass is 10.2. The molecule has 90 valence electrons. The number of rotatable bonds is 3. The summed E-state index contributed by atoms with van der Waals surface area (Å²) < 4.78 is 46.8. The maximum atomic E-state index is 12.2. The molecule has 0 saturated carbocycles. The molecule has 0 aromatic carbocycles. The summed E-state index contributed by atoms with van der Waals surface area (Å²) in [7, 11) is -3.23. The molecular formula is C9H11F2NO3S. The average Bonchev–Trinajstić information content (AvgIpc) is 2.54. The zero-order chi connectivity index (χ0) is 12.3. The minimum Gasteiger partial charge on any atom is -0.323 e. The van der Waals surface area contributed by atoms with E-state index in [0.717, 1.165) is 4.90 Å². The molecule has 1 rings (SSSR count). The van der Waals surface area contributed by atoms with Crippen LogP contribution in [0.4, 0.5) is 8.78 Å². The summed E-state index contributed by atoms with van der Waals surface area (Å²) in [5.74, 6) is 0.309. The lowest BCUT2D eigenvalue weighted by molar-refractivity contribution is -0.144. The standard InChI is InChI=1S/C9H11F2NO3S/c1-2-4-12(9(13)8(10)11)7-3-5-16(14,15)6-7/h1,7-8H,3-6H2. The second-order valence-electron chi connectivity index (χ2n) is 3.53. The van der Waals surface area contributed by atoms with Gasteiger partial charge in [0.25, 0.3) is 5.91 Å². The van der Waals surface area contributed by atoms with Crippen LogP contribution in [0.1, 0.15) is 6.42 Å². The van der Waals surface area contributed by atoms with E-state index in [1.54, 1.807) is 0 Å². The van der Waals surface area contributed by atoms with E-state index in [4.69, 9.17) is 6.42 Å². The number of sulfone groups is 1. The SMILES string of the molecule is C#CCN(C(=O)C(F)F)C1CCS(=O)(=O)C1. The van der Waals surface area contributed by atoms with Gasteiger partial charge in [-0.3, -0.25) is 4.79 Å². The molecule has 0 radical (unpaired) electrons. The van der Waals surface area contributed by atoms with Crippen molar-refractivity contribution in [3.8, 4) is 12.3 Å². The number of halogens is 2. The Hall–Kier alpha value is -1.16. The summed E-state index contributed by atoms with van der Waals surface area (Å²) in [6, 6.07) is -0.720. The third kappa shape index (κ3) is 2.92. The van der Waals surface area contributed by atoms with Crippen LogP contribution in [0.3, 0.4) is 0 Å². The number of terminal acetylenes is 1. The number of carbonyl (C=O) groups is 1. The topological polar surface area (TPSA) is 54.5 Å². The van der Waals surface area contributed by atoms with Crippen molar-refractivity contribution in [1.82, 2.24) is 4.90 Å². The van der Waals surface area contributed by atoms with E-state index in [1.807, 2.05) is 0 Å². The van der Waals surface area contributed by atoms with E-state index in [-0.39, 0.29) is 24.5 Å². The van der Waals surface area contributed by atoms with Gasteiger partial charge in [0.15, 0.2) is 9.84 Å². The quantitative estimate of drug-likeness (QED) is 0.658. The molecule has 0 aromatic rings. The Balaban J connectivity index is 2.80. The molecule has 1 heterocycles. The highest BCUT2D eigenvalue weighted by molar-refractivity contribution is 7.91. The smallest absolute Gasteiger partial charge is 0.315 e. The van der Waals surface area contributed by atoms with Gasteiger partial charge in [-0.25, -0.2) is 8.42 Å². The first-order valence-electron chi connectivity index (χ1n) is 4.60. The zero-order valence-electron chi connectivity index (χ0n) is 8.40. The predicted octanol–water partition coefficient (Wildman–Crippen LogP) is -0.0996. The number of hydrogen-bond acceptors (Lipinski definition) is 3. The first-order chi connectivity index (χ1) is 7.37. The van der Waals surface area contributed by atoms with Crippen LogP contribution in [0.2, 0.25) is 0 Å². The second kappa shape index (κ2) is 4.78. The Kier molecular flexibility index (Phi) is 3.86. The van der Waals surface area contributed by atoms with E-state index >= 15 is 0 Å². The number of alkyl halides is 2. The first-order valence-corrected chi connectivity index (χ1v) is 6.42. The summed E-state index contributed by atoms with van der Waals surface area (Å²) in [4.78, 5) is 11.9. The molecule has 1 atom stereocenters. The van der Waals surface area contributed by atoms with Crippen LogP contribution in [0.5, 0.6) is 0 Å². The molecule has 16 heavy (non-hydrogen) atoms. The van der Waals surface area contributed by atoms with Gasteiger partial charge in [-0.05, 0) is 6.42 Å². The minimum atomic E-state index is -3.23. The average molecular weight is 251 g/mol. The van der Waals surface area contributed by atoms with Crippen molar-refractivity contribution in [2.24, 2.45) is 0 Å². The predicted molar refractivity (Wildman–Crippen MR) is 53.6 cm³/mol. The number of nitrogens with zero attached hydrogens (tertiary/aromatic N) is 1. The van der Waals surface area contributed by atoms with Crippen LogP contribution in [-0.4, -0.2) is 49.7 Å². The molecule has 1 saturated heterocycles. The van der Waals surface area contributed by atoms with Crippen LogP contribution in [-0.2, 0) is 14.6 Å². The summed E-state index contributed by atoms with van der Waals surface area (Å²) in [6.45, 7) is -0.288. The summed E-state index contributed by atoms with van der Waals surface area (Å²) >= 11 is 0.